The Bertz CT molecular complexity index is 1500. The highest BCUT2D eigenvalue weighted by Gasteiger charge is 2.48. The van der Waals surface area contributed by atoms with Crippen LogP contribution in [0.4, 0.5) is 9.52 Å². The van der Waals surface area contributed by atoms with E-state index in [1.807, 2.05) is 6.92 Å². The number of methoxy groups -OCH3 is 1. The van der Waals surface area contributed by atoms with E-state index < -0.39 is 29.3 Å². The van der Waals surface area contributed by atoms with Crippen LogP contribution in [-0.4, -0.2) is 35.5 Å². The molecule has 9 heteroatoms. The lowest BCUT2D eigenvalue weighted by atomic mass is 9.95. The lowest BCUT2D eigenvalue weighted by molar-refractivity contribution is -0.132. The molecular weight excluding hydrogens is 483 g/mol. The fourth-order valence-electron chi connectivity index (χ4n) is 4.14. The summed E-state index contributed by atoms with van der Waals surface area (Å²) in [7, 11) is 1.56. The van der Waals surface area contributed by atoms with E-state index in [0.29, 0.717) is 34.3 Å². The number of hydrogen-bond donors (Lipinski definition) is 1. The first-order valence-corrected chi connectivity index (χ1v) is 12.0. The number of aliphatic hydroxyl groups is 1. The van der Waals surface area contributed by atoms with Gasteiger partial charge < -0.3 is 14.6 Å². The maximum atomic E-state index is 13.5. The Labute approximate surface area is 210 Å². The number of carbonyl (C=O) groups excluding carboxylic acids is 2. The Morgan fingerprint density at radius 1 is 1.06 bits per heavy atom. The molecule has 7 nitrogen and oxygen atoms in total. The van der Waals surface area contributed by atoms with E-state index >= 15 is 0 Å². The summed E-state index contributed by atoms with van der Waals surface area (Å²) >= 11 is 1.23. The number of rotatable bonds is 6. The number of carbonyl (C=O) groups is 2. The van der Waals surface area contributed by atoms with Crippen LogP contribution in [0.1, 0.15) is 24.1 Å². The zero-order valence-corrected chi connectivity index (χ0v) is 20.2. The van der Waals surface area contributed by atoms with E-state index in [2.05, 4.69) is 4.98 Å². The molecule has 0 saturated carbocycles. The number of aromatic nitrogens is 1. The fourth-order valence-corrected chi connectivity index (χ4v) is 5.16. The third-order valence-corrected chi connectivity index (χ3v) is 6.88. The van der Waals surface area contributed by atoms with Crippen LogP contribution in [0.2, 0.25) is 0 Å². The van der Waals surface area contributed by atoms with Gasteiger partial charge in [-0.2, -0.15) is 0 Å². The molecule has 1 aliphatic rings. The monoisotopic (exact) mass is 504 g/mol. The van der Waals surface area contributed by atoms with Gasteiger partial charge in [-0.15, -0.1) is 0 Å². The Morgan fingerprint density at radius 3 is 2.42 bits per heavy atom. The van der Waals surface area contributed by atoms with Crippen molar-refractivity contribution in [2.24, 2.45) is 0 Å². The molecule has 1 amide bonds. The molecule has 1 fully saturated rings. The number of halogens is 1. The number of benzene rings is 3. The molecule has 0 spiro atoms. The van der Waals surface area contributed by atoms with Gasteiger partial charge in [0.1, 0.15) is 23.1 Å². The van der Waals surface area contributed by atoms with Gasteiger partial charge in [0.2, 0.25) is 0 Å². The molecule has 5 rings (SSSR count). The smallest absolute Gasteiger partial charge is 0.301 e. The molecule has 0 unspecified atom stereocenters. The number of amides is 1. The Kier molecular flexibility index (Phi) is 6.15. The number of anilines is 1. The first-order chi connectivity index (χ1) is 17.4. The highest BCUT2D eigenvalue weighted by Crippen LogP contribution is 2.44. The zero-order valence-electron chi connectivity index (χ0n) is 19.4. The summed E-state index contributed by atoms with van der Waals surface area (Å²) in [6.07, 6.45) is 0. The number of ether oxygens (including phenoxy) is 2. The summed E-state index contributed by atoms with van der Waals surface area (Å²) in [6, 6.07) is 16.4. The number of Topliss-reactive ketones (excluding diaryl/α,β-unsaturated/α-hetero) is 1. The van der Waals surface area contributed by atoms with Crippen LogP contribution in [0.3, 0.4) is 0 Å². The van der Waals surface area contributed by atoms with E-state index in [4.69, 9.17) is 9.47 Å². The largest absolute Gasteiger partial charge is 0.507 e. The molecule has 0 bridgehead atoms. The van der Waals surface area contributed by atoms with Gasteiger partial charge in [0.15, 0.2) is 5.13 Å². The van der Waals surface area contributed by atoms with Gasteiger partial charge >= 0.3 is 5.91 Å². The third-order valence-electron chi connectivity index (χ3n) is 5.86. The Morgan fingerprint density at radius 2 is 1.75 bits per heavy atom. The maximum Gasteiger partial charge on any atom is 0.301 e. The molecule has 1 atom stereocenters. The first kappa shape index (κ1) is 23.5. The number of thiazole rings is 1. The standard InChI is InChI=1S/C27H21FN2O5S/c1-3-35-18-10-6-15(7-11-18)23-22(24(31)16-4-8-17(28)9-5-16)25(32)26(33)30(23)27-29-20-13-12-19(34-2)14-21(20)36-27/h4-14,23,31H,3H2,1-2H3/b24-22+/t23-/m1/s1. The predicted molar refractivity (Wildman–Crippen MR) is 135 cm³/mol. The van der Waals surface area contributed by atoms with Crippen molar-refractivity contribution in [3.63, 3.8) is 0 Å². The van der Waals surface area contributed by atoms with Crippen molar-refractivity contribution in [3.05, 3.63) is 89.2 Å². The van der Waals surface area contributed by atoms with Crippen LogP contribution in [0.25, 0.3) is 16.0 Å². The minimum absolute atomic E-state index is 0.104. The van der Waals surface area contributed by atoms with E-state index in [9.17, 15) is 19.1 Å². The van der Waals surface area contributed by atoms with Crippen LogP contribution in [0.5, 0.6) is 11.5 Å². The Balaban J connectivity index is 1.69. The number of hydrogen-bond acceptors (Lipinski definition) is 7. The van der Waals surface area contributed by atoms with Gasteiger partial charge in [-0.05, 0) is 67.1 Å². The quantitative estimate of drug-likeness (QED) is 0.213. The highest BCUT2D eigenvalue weighted by molar-refractivity contribution is 7.22. The summed E-state index contributed by atoms with van der Waals surface area (Å²) in [5, 5.41) is 11.4. The highest BCUT2D eigenvalue weighted by atomic mass is 32.1. The van der Waals surface area contributed by atoms with Gasteiger partial charge in [-0.1, -0.05) is 23.5 Å². The van der Waals surface area contributed by atoms with E-state index in [-0.39, 0.29) is 11.1 Å². The minimum atomic E-state index is -0.951. The maximum absolute atomic E-state index is 13.5. The molecule has 36 heavy (non-hydrogen) atoms. The number of ketones is 1. The molecule has 4 aromatic rings. The summed E-state index contributed by atoms with van der Waals surface area (Å²) in [5.74, 6) is -1.28. The number of nitrogens with zero attached hydrogens (tertiary/aromatic N) is 2. The summed E-state index contributed by atoms with van der Waals surface area (Å²) < 4.78 is 25.1. The van der Waals surface area contributed by atoms with Gasteiger partial charge in [-0.3, -0.25) is 14.5 Å². The normalized spacial score (nSPS) is 17.1. The van der Waals surface area contributed by atoms with Crippen molar-refractivity contribution in [2.75, 3.05) is 18.6 Å². The van der Waals surface area contributed by atoms with Crippen molar-refractivity contribution >= 4 is 44.1 Å². The zero-order chi connectivity index (χ0) is 25.4. The third kappa shape index (κ3) is 4.07. The molecule has 0 radical (unpaired) electrons. The van der Waals surface area contributed by atoms with E-state index in [1.165, 1.54) is 40.5 Å². The van der Waals surface area contributed by atoms with Crippen molar-refractivity contribution in [1.82, 2.24) is 4.98 Å². The predicted octanol–water partition coefficient (Wildman–Crippen LogP) is 5.47. The second kappa shape index (κ2) is 9.43. The molecule has 2 heterocycles. The molecule has 1 aliphatic heterocycles. The molecule has 0 aliphatic carbocycles. The van der Waals surface area contributed by atoms with Gasteiger partial charge in [0.25, 0.3) is 5.78 Å². The average Bonchev–Trinajstić information content (AvgIpc) is 3.42. The van der Waals surface area contributed by atoms with Crippen LogP contribution in [0.15, 0.2) is 72.3 Å². The van der Waals surface area contributed by atoms with Crippen molar-refractivity contribution in [2.45, 2.75) is 13.0 Å². The minimum Gasteiger partial charge on any atom is -0.507 e. The van der Waals surface area contributed by atoms with Gasteiger partial charge in [-0.25, -0.2) is 9.37 Å². The van der Waals surface area contributed by atoms with Gasteiger partial charge in [0.05, 0.1) is 35.5 Å². The summed E-state index contributed by atoms with van der Waals surface area (Å²) in [5.41, 5.74) is 1.34. The summed E-state index contributed by atoms with van der Waals surface area (Å²) in [6.45, 7) is 2.35. The second-order valence-electron chi connectivity index (χ2n) is 8.01. The molecule has 1 aromatic heterocycles. The van der Waals surface area contributed by atoms with E-state index in [0.717, 1.165) is 4.70 Å². The molecule has 182 valence electrons. The molecule has 3 aromatic carbocycles. The summed E-state index contributed by atoms with van der Waals surface area (Å²) in [4.78, 5) is 32.5. The molecular formula is C27H21FN2O5S. The van der Waals surface area contributed by atoms with Crippen molar-refractivity contribution in [1.29, 1.82) is 0 Å². The fraction of sp³-hybridized carbons (Fsp3) is 0.148. The van der Waals surface area contributed by atoms with E-state index in [1.54, 1.807) is 49.6 Å². The Hall–Kier alpha value is -4.24. The number of fused-ring (bicyclic) bond motifs is 1. The van der Waals surface area contributed by atoms with Crippen LogP contribution >= 0.6 is 11.3 Å². The second-order valence-corrected chi connectivity index (χ2v) is 9.02. The van der Waals surface area contributed by atoms with Crippen LogP contribution in [0, 0.1) is 5.82 Å². The van der Waals surface area contributed by atoms with Crippen molar-refractivity contribution < 1.29 is 28.6 Å². The average molecular weight is 505 g/mol. The SMILES string of the molecule is CCOc1ccc([C@@H]2/C(=C(\O)c3ccc(F)cc3)C(=O)C(=O)N2c2nc3ccc(OC)cc3s2)cc1. The topological polar surface area (TPSA) is 89.0 Å². The first-order valence-electron chi connectivity index (χ1n) is 11.2. The van der Waals surface area contributed by atoms with Gasteiger partial charge in [0, 0.05) is 5.56 Å². The number of aliphatic hydroxyl groups excluding tert-OH is 1. The lowest BCUT2D eigenvalue weighted by Crippen LogP contribution is -2.29. The molecule has 1 saturated heterocycles. The lowest BCUT2D eigenvalue weighted by Gasteiger charge is -2.23. The van der Waals surface area contributed by atoms with Crippen LogP contribution in [-0.2, 0) is 9.59 Å². The van der Waals surface area contributed by atoms with Crippen molar-refractivity contribution in [3.8, 4) is 11.5 Å². The van der Waals surface area contributed by atoms with Crippen LogP contribution < -0.4 is 14.4 Å². The molecule has 1 N–H and O–H groups in total.